The maximum atomic E-state index is 12.5. The number of halogens is 3. The van der Waals surface area contributed by atoms with Gasteiger partial charge in [0.2, 0.25) is 0 Å². The molecule has 9 heteroatoms. The van der Waals surface area contributed by atoms with Crippen LogP contribution in [-0.4, -0.2) is 30.8 Å². The van der Waals surface area contributed by atoms with Crippen LogP contribution in [0, 0.1) is 6.92 Å². The molecule has 31 heavy (non-hydrogen) atoms. The van der Waals surface area contributed by atoms with E-state index >= 15 is 0 Å². The number of alkyl halides is 3. The maximum absolute atomic E-state index is 12.5. The number of nitrogens with zero attached hydrogens (tertiary/aromatic N) is 2. The molecule has 1 heterocycles. The predicted molar refractivity (Wildman–Crippen MR) is 117 cm³/mol. The zero-order valence-electron chi connectivity index (χ0n) is 17.0. The van der Waals surface area contributed by atoms with Crippen molar-refractivity contribution in [3.63, 3.8) is 0 Å². The summed E-state index contributed by atoms with van der Waals surface area (Å²) in [5.41, 5.74) is 9.86. The number of aryl methyl sites for hydroxylation is 1. The van der Waals surface area contributed by atoms with E-state index in [0.717, 1.165) is 22.4 Å². The molecule has 162 valence electrons. The van der Waals surface area contributed by atoms with E-state index in [1.807, 2.05) is 37.4 Å². The first-order valence-corrected chi connectivity index (χ1v) is 9.39. The van der Waals surface area contributed by atoms with Crippen LogP contribution in [0.3, 0.4) is 0 Å². The van der Waals surface area contributed by atoms with Crippen LogP contribution in [0.4, 0.5) is 30.4 Å². The van der Waals surface area contributed by atoms with Gasteiger partial charge in [-0.05, 0) is 54.4 Å². The van der Waals surface area contributed by atoms with Crippen LogP contribution in [0.15, 0.2) is 65.8 Å². The number of guanidine groups is 1. The third-order valence-electron chi connectivity index (χ3n) is 4.28. The number of aromatic nitrogens is 1. The molecule has 0 saturated heterocycles. The molecule has 0 aliphatic heterocycles. The van der Waals surface area contributed by atoms with Gasteiger partial charge in [0.25, 0.3) is 0 Å². The van der Waals surface area contributed by atoms with Crippen LogP contribution in [0.1, 0.15) is 5.56 Å². The van der Waals surface area contributed by atoms with Crippen molar-refractivity contribution < 1.29 is 17.9 Å². The summed E-state index contributed by atoms with van der Waals surface area (Å²) in [6.45, 7) is 0.347. The Kier molecular flexibility index (Phi) is 6.64. The summed E-state index contributed by atoms with van der Waals surface area (Å²) in [7, 11) is 1.85. The van der Waals surface area contributed by atoms with E-state index in [0.29, 0.717) is 5.82 Å². The number of nitrogens with one attached hydrogen (secondary N) is 2. The average molecular weight is 429 g/mol. The smallest absolute Gasteiger partial charge is 0.422 e. The summed E-state index contributed by atoms with van der Waals surface area (Å²) in [6.07, 6.45) is -2.77. The number of anilines is 2. The van der Waals surface area contributed by atoms with Gasteiger partial charge in [0.15, 0.2) is 18.4 Å². The van der Waals surface area contributed by atoms with Crippen molar-refractivity contribution in [1.29, 1.82) is 0 Å². The van der Waals surface area contributed by atoms with E-state index in [-0.39, 0.29) is 17.4 Å². The van der Waals surface area contributed by atoms with Crippen molar-refractivity contribution in [2.75, 3.05) is 24.3 Å². The van der Waals surface area contributed by atoms with Crippen LogP contribution < -0.4 is 21.1 Å². The van der Waals surface area contributed by atoms with Crippen LogP contribution >= 0.6 is 0 Å². The molecule has 2 aromatic carbocycles. The van der Waals surface area contributed by atoms with Gasteiger partial charge in [0.05, 0.1) is 5.69 Å². The lowest BCUT2D eigenvalue weighted by Gasteiger charge is -2.15. The van der Waals surface area contributed by atoms with Crippen molar-refractivity contribution in [2.24, 2.45) is 10.7 Å². The normalized spacial score (nSPS) is 11.8. The fraction of sp³-hybridized carbons (Fsp3) is 0.182. The van der Waals surface area contributed by atoms with Crippen LogP contribution in [0.2, 0.25) is 0 Å². The molecule has 1 aromatic heterocycles. The predicted octanol–water partition coefficient (Wildman–Crippen LogP) is 5.10. The number of ether oxygens (including phenoxy) is 1. The molecule has 0 saturated carbocycles. The molecule has 0 atom stereocenters. The molecule has 0 bridgehead atoms. The first-order chi connectivity index (χ1) is 14.7. The zero-order chi connectivity index (χ0) is 22.4. The van der Waals surface area contributed by atoms with Crippen molar-refractivity contribution in [3.05, 3.63) is 66.4 Å². The highest BCUT2D eigenvalue weighted by atomic mass is 19.4. The monoisotopic (exact) mass is 429 g/mol. The summed E-state index contributed by atoms with van der Waals surface area (Å²) in [6, 6.07) is 16.2. The Balaban J connectivity index is 1.73. The van der Waals surface area contributed by atoms with E-state index in [1.54, 1.807) is 31.3 Å². The van der Waals surface area contributed by atoms with E-state index < -0.39 is 12.8 Å². The summed E-state index contributed by atoms with van der Waals surface area (Å²) in [4.78, 5) is 8.45. The van der Waals surface area contributed by atoms with Crippen molar-refractivity contribution in [2.45, 2.75) is 13.1 Å². The van der Waals surface area contributed by atoms with Gasteiger partial charge in [-0.15, -0.1) is 0 Å². The molecule has 0 spiro atoms. The van der Waals surface area contributed by atoms with Crippen molar-refractivity contribution in [3.8, 4) is 16.9 Å². The lowest BCUT2D eigenvalue weighted by molar-refractivity contribution is -0.153. The van der Waals surface area contributed by atoms with E-state index in [9.17, 15) is 13.2 Å². The summed E-state index contributed by atoms with van der Waals surface area (Å²) >= 11 is 0. The fourth-order valence-electron chi connectivity index (χ4n) is 2.75. The van der Waals surface area contributed by atoms with Crippen molar-refractivity contribution >= 4 is 23.2 Å². The van der Waals surface area contributed by atoms with Gasteiger partial charge < -0.3 is 21.1 Å². The van der Waals surface area contributed by atoms with Gasteiger partial charge in [-0.2, -0.15) is 18.2 Å². The number of hydrogen-bond donors (Lipinski definition) is 3. The molecular weight excluding hydrogens is 407 g/mol. The molecule has 3 aromatic rings. The first-order valence-electron chi connectivity index (χ1n) is 9.39. The molecule has 0 aliphatic rings. The Hall–Kier alpha value is -3.75. The number of aliphatic imine (C=N–C) groups is 1. The van der Waals surface area contributed by atoms with E-state index in [1.165, 1.54) is 6.07 Å². The highest BCUT2D eigenvalue weighted by Gasteiger charge is 2.28. The minimum Gasteiger partial charge on any atom is -0.482 e. The largest absolute Gasteiger partial charge is 0.482 e. The van der Waals surface area contributed by atoms with Gasteiger partial charge in [0.1, 0.15) is 5.75 Å². The molecule has 0 fully saturated rings. The SMILES string of the molecule is CNc1ccc(-c2ccc(N=C(N)Nc3ccc(C)cc3OCC(F)(F)F)nc2)cc1. The minimum absolute atomic E-state index is 0.0284. The molecule has 3 rings (SSSR count). The molecular formula is C22H22F3N5O. The number of rotatable bonds is 6. The molecule has 4 N–H and O–H groups in total. The summed E-state index contributed by atoms with van der Waals surface area (Å²) in [5, 5.41) is 5.83. The number of benzene rings is 2. The van der Waals surface area contributed by atoms with Gasteiger partial charge in [-0.25, -0.2) is 4.98 Å². The molecule has 6 nitrogen and oxygen atoms in total. The van der Waals surface area contributed by atoms with E-state index in [2.05, 4.69) is 20.6 Å². The first kappa shape index (κ1) is 21.9. The lowest BCUT2D eigenvalue weighted by Crippen LogP contribution is -2.24. The Morgan fingerprint density at radius 1 is 1.06 bits per heavy atom. The molecule has 0 radical (unpaired) electrons. The fourth-order valence-corrected chi connectivity index (χ4v) is 2.75. The summed E-state index contributed by atoms with van der Waals surface area (Å²) < 4.78 is 42.4. The van der Waals surface area contributed by atoms with Gasteiger partial charge in [0, 0.05) is 24.5 Å². The number of hydrogen-bond acceptors (Lipinski definition) is 4. The molecule has 0 amide bonds. The summed E-state index contributed by atoms with van der Waals surface area (Å²) in [5.74, 6) is 0.355. The third kappa shape index (κ3) is 6.36. The second-order valence-corrected chi connectivity index (χ2v) is 6.76. The molecule has 0 unspecified atom stereocenters. The topological polar surface area (TPSA) is 84.6 Å². The highest BCUT2D eigenvalue weighted by Crippen LogP contribution is 2.28. The van der Waals surface area contributed by atoms with E-state index in [4.69, 9.17) is 10.5 Å². The van der Waals surface area contributed by atoms with Gasteiger partial charge in [-0.1, -0.05) is 18.2 Å². The van der Waals surface area contributed by atoms with Crippen LogP contribution in [-0.2, 0) is 0 Å². The number of pyridine rings is 1. The van der Waals surface area contributed by atoms with Gasteiger partial charge >= 0.3 is 6.18 Å². The van der Waals surface area contributed by atoms with Crippen LogP contribution in [0.5, 0.6) is 5.75 Å². The Morgan fingerprint density at radius 3 is 2.39 bits per heavy atom. The quantitative estimate of drug-likeness (QED) is 0.375. The standard InChI is InChI=1S/C22H22F3N5O/c1-14-3-9-18(19(11-14)31-13-22(23,24)25)29-21(26)30-20-10-6-16(12-28-20)15-4-7-17(27-2)8-5-15/h3-12,27H,13H2,1-2H3,(H3,26,28,29,30). The Labute approximate surface area is 178 Å². The lowest BCUT2D eigenvalue weighted by atomic mass is 10.1. The Bertz CT molecular complexity index is 1050. The zero-order valence-corrected chi connectivity index (χ0v) is 17.0. The maximum Gasteiger partial charge on any atom is 0.422 e. The number of nitrogens with two attached hydrogens (primary N) is 1. The average Bonchev–Trinajstić information content (AvgIpc) is 2.74. The third-order valence-corrected chi connectivity index (χ3v) is 4.28. The second-order valence-electron chi connectivity index (χ2n) is 6.76. The second kappa shape index (κ2) is 9.38. The Morgan fingerprint density at radius 2 is 1.77 bits per heavy atom. The van der Waals surface area contributed by atoms with Crippen LogP contribution in [0.25, 0.3) is 11.1 Å². The van der Waals surface area contributed by atoms with Crippen molar-refractivity contribution in [1.82, 2.24) is 4.98 Å². The molecule has 0 aliphatic carbocycles. The highest BCUT2D eigenvalue weighted by molar-refractivity contribution is 5.95. The van der Waals surface area contributed by atoms with Gasteiger partial charge in [-0.3, -0.25) is 0 Å². The minimum atomic E-state index is -4.44.